The van der Waals surface area contributed by atoms with Crippen LogP contribution in [-0.4, -0.2) is 6.61 Å². The highest BCUT2D eigenvalue weighted by atomic mass is 35.5. The van der Waals surface area contributed by atoms with Crippen LogP contribution >= 0.6 is 11.6 Å². The Kier molecular flexibility index (Phi) is 4.03. The lowest BCUT2D eigenvalue weighted by atomic mass is 10.2. The summed E-state index contributed by atoms with van der Waals surface area (Å²) >= 11 is 5.91. The fourth-order valence-electron chi connectivity index (χ4n) is 1.08. The van der Waals surface area contributed by atoms with E-state index in [1.165, 1.54) is 6.08 Å². The first-order valence-corrected chi connectivity index (χ1v) is 4.65. The monoisotopic (exact) mass is 207 g/mol. The molecule has 72 valence electrons. The quantitative estimate of drug-likeness (QED) is 0.714. The number of nitrogens with zero attached hydrogens (tertiary/aromatic N) is 1. The normalized spacial score (nSPS) is 10.8. The van der Waals surface area contributed by atoms with Gasteiger partial charge >= 0.3 is 0 Å². The van der Waals surface area contributed by atoms with Gasteiger partial charge in [0, 0.05) is 11.6 Å². The summed E-state index contributed by atoms with van der Waals surface area (Å²) in [6.07, 6.45) is 1.29. The first kappa shape index (κ1) is 10.6. The van der Waals surface area contributed by atoms with Gasteiger partial charge in [-0.25, -0.2) is 0 Å². The fraction of sp³-hybridized carbons (Fsp3) is 0.182. The van der Waals surface area contributed by atoms with E-state index in [2.05, 4.69) is 0 Å². The van der Waals surface area contributed by atoms with Crippen LogP contribution in [0.2, 0.25) is 0 Å². The lowest BCUT2D eigenvalue weighted by Crippen LogP contribution is -1.94. The largest absolute Gasteiger partial charge is 0.493 e. The highest BCUT2D eigenvalue weighted by molar-refractivity contribution is 6.49. The molecule has 0 aliphatic rings. The van der Waals surface area contributed by atoms with E-state index in [-0.39, 0.29) is 0 Å². The molecular formula is C11H10ClNO. The van der Waals surface area contributed by atoms with E-state index >= 15 is 0 Å². The molecule has 0 saturated carbocycles. The summed E-state index contributed by atoms with van der Waals surface area (Å²) in [7, 11) is 0. The molecule has 2 nitrogen and oxygen atoms in total. The van der Waals surface area contributed by atoms with Crippen LogP contribution < -0.4 is 4.74 Å². The molecule has 0 bridgehead atoms. The lowest BCUT2D eigenvalue weighted by molar-refractivity contribution is 0.339. The molecule has 0 aliphatic carbocycles. The van der Waals surface area contributed by atoms with Crippen LogP contribution in [0.25, 0.3) is 5.03 Å². The Morgan fingerprint density at radius 2 is 2.29 bits per heavy atom. The Labute approximate surface area is 88.4 Å². The van der Waals surface area contributed by atoms with E-state index in [9.17, 15) is 0 Å². The maximum atomic E-state index is 8.47. The Morgan fingerprint density at radius 1 is 1.57 bits per heavy atom. The van der Waals surface area contributed by atoms with Crippen LogP contribution in [0.15, 0.2) is 30.3 Å². The molecule has 0 saturated heterocycles. The summed E-state index contributed by atoms with van der Waals surface area (Å²) in [5.74, 6) is 0.700. The summed E-state index contributed by atoms with van der Waals surface area (Å²) in [5, 5.41) is 8.87. The van der Waals surface area contributed by atoms with Crippen molar-refractivity contribution in [2.45, 2.75) is 6.92 Å². The molecule has 0 amide bonds. The van der Waals surface area contributed by atoms with Crippen molar-refractivity contribution in [1.82, 2.24) is 0 Å². The first-order chi connectivity index (χ1) is 6.79. The number of benzene rings is 1. The third kappa shape index (κ3) is 2.51. The minimum atomic E-state index is 0.400. The summed E-state index contributed by atoms with van der Waals surface area (Å²) in [6, 6.07) is 9.25. The van der Waals surface area contributed by atoms with E-state index in [0.29, 0.717) is 17.4 Å². The van der Waals surface area contributed by atoms with Gasteiger partial charge in [0.15, 0.2) is 0 Å². The van der Waals surface area contributed by atoms with E-state index in [1.807, 2.05) is 37.3 Å². The Morgan fingerprint density at radius 3 is 2.93 bits per heavy atom. The molecule has 3 heteroatoms. The third-order valence-electron chi connectivity index (χ3n) is 1.64. The molecule has 0 spiro atoms. The Hall–Kier alpha value is -1.46. The third-order valence-corrected chi connectivity index (χ3v) is 1.95. The topological polar surface area (TPSA) is 33.0 Å². The number of para-hydroxylation sites is 1. The maximum Gasteiger partial charge on any atom is 0.128 e. The molecule has 0 N–H and O–H groups in total. The number of ether oxygens (including phenoxy) is 1. The Bertz CT molecular complexity index is 379. The number of rotatable bonds is 3. The van der Waals surface area contributed by atoms with Crippen molar-refractivity contribution in [2.75, 3.05) is 6.61 Å². The van der Waals surface area contributed by atoms with Crippen molar-refractivity contribution in [2.24, 2.45) is 0 Å². The van der Waals surface area contributed by atoms with Gasteiger partial charge in [-0.2, -0.15) is 5.26 Å². The Balaban J connectivity index is 3.08. The molecule has 0 aromatic heterocycles. The van der Waals surface area contributed by atoms with E-state index < -0.39 is 0 Å². The van der Waals surface area contributed by atoms with Gasteiger partial charge in [0.25, 0.3) is 0 Å². The van der Waals surface area contributed by atoms with Crippen LogP contribution in [0.4, 0.5) is 0 Å². The van der Waals surface area contributed by atoms with E-state index in [4.69, 9.17) is 21.6 Å². The van der Waals surface area contributed by atoms with Gasteiger partial charge in [0.1, 0.15) is 5.75 Å². The van der Waals surface area contributed by atoms with Gasteiger partial charge in [0.05, 0.1) is 17.7 Å². The summed E-state index contributed by atoms with van der Waals surface area (Å²) in [6.45, 7) is 2.48. The molecule has 0 radical (unpaired) electrons. The zero-order valence-electron chi connectivity index (χ0n) is 7.83. The molecule has 1 aromatic rings. The fourth-order valence-corrected chi connectivity index (χ4v) is 1.28. The highest BCUT2D eigenvalue weighted by Gasteiger charge is 2.04. The standard InChI is InChI=1S/C11H10ClNO/c1-2-14-11-6-4-3-5-9(11)10(12)7-8-13/h3-7H,2H2,1H3. The number of nitriles is 1. The van der Waals surface area contributed by atoms with Crippen LogP contribution in [0.1, 0.15) is 12.5 Å². The van der Waals surface area contributed by atoms with Gasteiger partial charge in [-0.3, -0.25) is 0 Å². The molecule has 0 heterocycles. The number of hydrogen-bond acceptors (Lipinski definition) is 2. The number of halogens is 1. The van der Waals surface area contributed by atoms with Crippen molar-refractivity contribution in [3.63, 3.8) is 0 Å². The molecule has 0 fully saturated rings. The van der Waals surface area contributed by atoms with Crippen molar-refractivity contribution < 1.29 is 4.74 Å². The molecule has 0 aliphatic heterocycles. The molecule has 1 rings (SSSR count). The summed E-state index contributed by atoms with van der Waals surface area (Å²) < 4.78 is 5.37. The summed E-state index contributed by atoms with van der Waals surface area (Å²) in [5.41, 5.74) is 0.748. The van der Waals surface area contributed by atoms with Gasteiger partial charge < -0.3 is 4.74 Å². The maximum absolute atomic E-state index is 8.47. The van der Waals surface area contributed by atoms with Crippen LogP contribution in [0, 0.1) is 11.3 Å². The minimum absolute atomic E-state index is 0.400. The van der Waals surface area contributed by atoms with Crippen LogP contribution in [-0.2, 0) is 0 Å². The molecule has 0 unspecified atom stereocenters. The molecule has 1 aromatic carbocycles. The van der Waals surface area contributed by atoms with Crippen LogP contribution in [0.5, 0.6) is 5.75 Å². The average molecular weight is 208 g/mol. The van der Waals surface area contributed by atoms with Gasteiger partial charge in [-0.15, -0.1) is 0 Å². The second-order valence-corrected chi connectivity index (χ2v) is 2.96. The van der Waals surface area contributed by atoms with Crippen molar-refractivity contribution >= 4 is 16.6 Å². The molecule has 14 heavy (non-hydrogen) atoms. The van der Waals surface area contributed by atoms with Crippen molar-refractivity contribution in [3.8, 4) is 11.8 Å². The molecule has 0 atom stereocenters. The number of allylic oxidation sites excluding steroid dienone is 1. The zero-order valence-corrected chi connectivity index (χ0v) is 8.58. The second kappa shape index (κ2) is 5.31. The predicted octanol–water partition coefficient (Wildman–Crippen LogP) is 3.19. The SMILES string of the molecule is CCOc1ccccc1C(Cl)=CC#N. The molecular weight excluding hydrogens is 198 g/mol. The van der Waals surface area contributed by atoms with E-state index in [1.54, 1.807) is 0 Å². The van der Waals surface area contributed by atoms with E-state index in [0.717, 1.165) is 5.56 Å². The first-order valence-electron chi connectivity index (χ1n) is 4.27. The second-order valence-electron chi connectivity index (χ2n) is 2.55. The predicted molar refractivity (Wildman–Crippen MR) is 57.1 cm³/mol. The van der Waals surface area contributed by atoms with Gasteiger partial charge in [0.2, 0.25) is 0 Å². The van der Waals surface area contributed by atoms with Gasteiger partial charge in [-0.05, 0) is 19.1 Å². The minimum Gasteiger partial charge on any atom is -0.493 e. The van der Waals surface area contributed by atoms with Crippen molar-refractivity contribution in [1.29, 1.82) is 5.26 Å². The van der Waals surface area contributed by atoms with Gasteiger partial charge in [-0.1, -0.05) is 23.7 Å². The lowest BCUT2D eigenvalue weighted by Gasteiger charge is -2.07. The smallest absolute Gasteiger partial charge is 0.128 e. The zero-order chi connectivity index (χ0) is 10.4. The van der Waals surface area contributed by atoms with Crippen LogP contribution in [0.3, 0.4) is 0 Å². The average Bonchev–Trinajstić information content (AvgIpc) is 2.19. The summed E-state index contributed by atoms with van der Waals surface area (Å²) in [4.78, 5) is 0. The van der Waals surface area contributed by atoms with Crippen molar-refractivity contribution in [3.05, 3.63) is 35.9 Å². The number of hydrogen-bond donors (Lipinski definition) is 0. The highest BCUT2D eigenvalue weighted by Crippen LogP contribution is 2.28.